The van der Waals surface area contributed by atoms with E-state index in [9.17, 15) is 18.0 Å². The molecular formula is C13H17NO4S. The molecule has 2 N–H and O–H groups in total. The van der Waals surface area contributed by atoms with Crippen molar-refractivity contribution >= 4 is 21.5 Å². The van der Waals surface area contributed by atoms with Crippen molar-refractivity contribution in [1.82, 2.24) is 0 Å². The molecule has 0 saturated heterocycles. The van der Waals surface area contributed by atoms with E-state index in [1.807, 2.05) is 0 Å². The van der Waals surface area contributed by atoms with E-state index >= 15 is 0 Å². The third-order valence-corrected chi connectivity index (χ3v) is 3.95. The summed E-state index contributed by atoms with van der Waals surface area (Å²) in [4.78, 5) is 22.4. The maximum Gasteiger partial charge on any atom is 0.232 e. The van der Waals surface area contributed by atoms with Crippen molar-refractivity contribution in [2.75, 3.05) is 11.5 Å². The summed E-state index contributed by atoms with van der Waals surface area (Å²) in [6.45, 7) is 2.05. The quantitative estimate of drug-likeness (QED) is 0.746. The average Bonchev–Trinajstić information content (AvgIpc) is 2.27. The molecule has 0 aromatic heterocycles. The minimum Gasteiger partial charge on any atom is -0.369 e. The molecule has 6 heteroatoms. The Bertz CT molecular complexity index is 561. The van der Waals surface area contributed by atoms with Crippen LogP contribution in [0.5, 0.6) is 0 Å². The number of aryl methyl sites for hydroxylation is 1. The lowest BCUT2D eigenvalue weighted by molar-refractivity contribution is -0.115. The van der Waals surface area contributed by atoms with Crippen molar-refractivity contribution in [2.24, 2.45) is 5.73 Å². The fourth-order valence-electron chi connectivity index (χ4n) is 1.70. The van der Waals surface area contributed by atoms with Crippen molar-refractivity contribution in [3.8, 4) is 0 Å². The van der Waals surface area contributed by atoms with Crippen molar-refractivity contribution < 1.29 is 18.0 Å². The first-order chi connectivity index (χ1) is 8.84. The van der Waals surface area contributed by atoms with Crippen molar-refractivity contribution in [2.45, 2.75) is 19.8 Å². The smallest absolute Gasteiger partial charge is 0.232 e. The van der Waals surface area contributed by atoms with Crippen LogP contribution in [0.3, 0.4) is 0 Å². The molecule has 0 fully saturated rings. The number of carbonyl (C=O) groups is 2. The number of sulfone groups is 1. The van der Waals surface area contributed by atoms with Crippen molar-refractivity contribution in [1.29, 1.82) is 0 Å². The zero-order valence-electron chi connectivity index (χ0n) is 10.8. The molecule has 0 aliphatic carbocycles. The van der Waals surface area contributed by atoms with Crippen molar-refractivity contribution in [3.63, 3.8) is 0 Å². The second-order valence-electron chi connectivity index (χ2n) is 4.37. The summed E-state index contributed by atoms with van der Waals surface area (Å²) in [5.74, 6) is -2.97. The largest absolute Gasteiger partial charge is 0.369 e. The lowest BCUT2D eigenvalue weighted by atomic mass is 10.1. The van der Waals surface area contributed by atoms with Crippen LogP contribution in [0, 0.1) is 0 Å². The number of amides is 1. The highest BCUT2D eigenvalue weighted by molar-refractivity contribution is 7.92. The van der Waals surface area contributed by atoms with E-state index in [0.29, 0.717) is 5.56 Å². The van der Waals surface area contributed by atoms with E-state index in [-0.39, 0.29) is 0 Å². The summed E-state index contributed by atoms with van der Waals surface area (Å²) in [7, 11) is -3.77. The maximum atomic E-state index is 11.8. The van der Waals surface area contributed by atoms with E-state index in [2.05, 4.69) is 6.92 Å². The molecule has 1 rings (SSSR count). The van der Waals surface area contributed by atoms with Crippen LogP contribution in [-0.4, -0.2) is 31.6 Å². The van der Waals surface area contributed by atoms with Crippen LogP contribution in [0.25, 0.3) is 0 Å². The Morgan fingerprint density at radius 1 is 1.11 bits per heavy atom. The lowest BCUT2D eigenvalue weighted by Gasteiger charge is -2.03. The van der Waals surface area contributed by atoms with Crippen LogP contribution in [0.15, 0.2) is 24.3 Å². The monoisotopic (exact) mass is 283 g/mol. The Labute approximate surface area is 112 Å². The zero-order chi connectivity index (χ0) is 14.5. The summed E-state index contributed by atoms with van der Waals surface area (Å²) in [5.41, 5.74) is 6.24. The first-order valence-electron chi connectivity index (χ1n) is 5.95. The molecule has 0 saturated carbocycles. The van der Waals surface area contributed by atoms with Crippen LogP contribution >= 0.6 is 0 Å². The van der Waals surface area contributed by atoms with E-state index in [1.165, 1.54) is 0 Å². The van der Waals surface area contributed by atoms with Gasteiger partial charge in [-0.3, -0.25) is 9.59 Å². The molecule has 0 aliphatic rings. The fourth-order valence-corrected chi connectivity index (χ4v) is 2.80. The first kappa shape index (κ1) is 15.4. The van der Waals surface area contributed by atoms with E-state index in [4.69, 9.17) is 5.73 Å². The molecule has 1 aromatic carbocycles. The number of hydrogen-bond donors (Lipinski definition) is 1. The standard InChI is InChI=1S/C13H17NO4S/c1-2-3-10-4-6-11(7-5-10)12(15)8-19(17,18)9-13(14)16/h4-7H,2-3,8-9H2,1H3,(H2,14,16). The van der Waals surface area contributed by atoms with Gasteiger partial charge in [0.25, 0.3) is 0 Å². The average molecular weight is 283 g/mol. The van der Waals surface area contributed by atoms with Crippen LogP contribution < -0.4 is 5.73 Å². The molecule has 1 amide bonds. The van der Waals surface area contributed by atoms with Gasteiger partial charge in [-0.15, -0.1) is 0 Å². The fraction of sp³-hybridized carbons (Fsp3) is 0.385. The predicted molar refractivity (Wildman–Crippen MR) is 72.6 cm³/mol. The number of ketones is 1. The van der Waals surface area contributed by atoms with E-state index < -0.39 is 33.0 Å². The number of hydrogen-bond acceptors (Lipinski definition) is 4. The summed E-state index contributed by atoms with van der Waals surface area (Å²) in [6.07, 6.45) is 1.91. The van der Waals surface area contributed by atoms with Gasteiger partial charge < -0.3 is 5.73 Å². The Morgan fingerprint density at radius 3 is 2.16 bits per heavy atom. The molecule has 1 aromatic rings. The maximum absolute atomic E-state index is 11.8. The summed E-state index contributed by atoms with van der Waals surface area (Å²) < 4.78 is 22.9. The Morgan fingerprint density at radius 2 is 1.68 bits per heavy atom. The SMILES string of the molecule is CCCc1ccc(C(=O)CS(=O)(=O)CC(N)=O)cc1. The third kappa shape index (κ3) is 5.21. The Balaban J connectivity index is 2.75. The van der Waals surface area contributed by atoms with Gasteiger partial charge in [0.15, 0.2) is 15.6 Å². The minimum absolute atomic E-state index is 0.327. The van der Waals surface area contributed by atoms with Gasteiger partial charge in [-0.05, 0) is 12.0 Å². The van der Waals surface area contributed by atoms with Gasteiger partial charge in [0.05, 0.1) is 0 Å². The Hall–Kier alpha value is -1.69. The Kier molecular flexibility index (Phi) is 5.23. The first-order valence-corrected chi connectivity index (χ1v) is 7.77. The number of Topliss-reactive ketones (excluding diaryl/α,β-unsaturated/α-hetero) is 1. The van der Waals surface area contributed by atoms with Crippen LogP contribution in [0.2, 0.25) is 0 Å². The van der Waals surface area contributed by atoms with Gasteiger partial charge in [0.2, 0.25) is 5.91 Å². The number of primary amides is 1. The van der Waals surface area contributed by atoms with Gasteiger partial charge in [0, 0.05) is 5.56 Å². The molecule has 0 spiro atoms. The molecule has 0 bridgehead atoms. The number of carbonyl (C=O) groups excluding carboxylic acids is 2. The molecule has 0 heterocycles. The van der Waals surface area contributed by atoms with Gasteiger partial charge >= 0.3 is 0 Å². The molecule has 104 valence electrons. The lowest BCUT2D eigenvalue weighted by Crippen LogP contribution is -2.28. The summed E-state index contributed by atoms with van der Waals surface area (Å²) >= 11 is 0. The van der Waals surface area contributed by atoms with Crippen molar-refractivity contribution in [3.05, 3.63) is 35.4 Å². The minimum atomic E-state index is -3.77. The summed E-state index contributed by atoms with van der Waals surface area (Å²) in [5, 5.41) is 0. The highest BCUT2D eigenvalue weighted by Gasteiger charge is 2.20. The number of rotatable bonds is 7. The molecule has 5 nitrogen and oxygen atoms in total. The summed E-state index contributed by atoms with van der Waals surface area (Å²) in [6, 6.07) is 6.81. The number of nitrogens with two attached hydrogens (primary N) is 1. The molecule has 0 atom stereocenters. The van der Waals surface area contributed by atoms with E-state index in [1.54, 1.807) is 24.3 Å². The van der Waals surface area contributed by atoms with Gasteiger partial charge in [-0.1, -0.05) is 37.6 Å². The normalized spacial score (nSPS) is 11.2. The second kappa shape index (κ2) is 6.47. The van der Waals surface area contributed by atoms with Crippen LogP contribution in [-0.2, 0) is 21.1 Å². The molecule has 0 unspecified atom stereocenters. The molecular weight excluding hydrogens is 266 g/mol. The van der Waals surface area contributed by atoms with Gasteiger partial charge in [0.1, 0.15) is 11.5 Å². The van der Waals surface area contributed by atoms with Crippen LogP contribution in [0.1, 0.15) is 29.3 Å². The molecule has 0 radical (unpaired) electrons. The van der Waals surface area contributed by atoms with Gasteiger partial charge in [-0.25, -0.2) is 8.42 Å². The predicted octanol–water partition coefficient (Wildman–Crippen LogP) is 0.722. The number of benzene rings is 1. The highest BCUT2D eigenvalue weighted by atomic mass is 32.2. The van der Waals surface area contributed by atoms with Gasteiger partial charge in [-0.2, -0.15) is 0 Å². The highest BCUT2D eigenvalue weighted by Crippen LogP contribution is 2.08. The third-order valence-electron chi connectivity index (χ3n) is 2.53. The van der Waals surface area contributed by atoms with E-state index in [0.717, 1.165) is 18.4 Å². The topological polar surface area (TPSA) is 94.3 Å². The van der Waals surface area contributed by atoms with Crippen LogP contribution in [0.4, 0.5) is 0 Å². The molecule has 19 heavy (non-hydrogen) atoms. The zero-order valence-corrected chi connectivity index (χ0v) is 11.6. The molecule has 0 aliphatic heterocycles. The second-order valence-corrected chi connectivity index (χ2v) is 6.43.